The third-order valence-corrected chi connectivity index (χ3v) is 4.09. The summed E-state index contributed by atoms with van der Waals surface area (Å²) in [5.41, 5.74) is 5.60. The molecule has 3 saturated carbocycles. The van der Waals surface area contributed by atoms with E-state index in [2.05, 4.69) is 5.29 Å². The highest BCUT2D eigenvalue weighted by atomic mass is 16.3. The third-order valence-electron chi connectivity index (χ3n) is 4.09. The normalized spacial score (nSPS) is 34.3. The molecule has 0 radical (unpaired) electrons. The number of carbonyl (C=O) groups is 1. The van der Waals surface area contributed by atoms with Gasteiger partial charge in [-0.3, -0.25) is 0 Å². The molecule has 3 fully saturated rings. The Morgan fingerprint density at radius 1 is 1.31 bits per heavy atom. The molecule has 0 heterocycles. The van der Waals surface area contributed by atoms with Crippen LogP contribution in [0.5, 0.6) is 0 Å². The van der Waals surface area contributed by atoms with Crippen LogP contribution in [0.2, 0.25) is 0 Å². The lowest BCUT2D eigenvalue weighted by molar-refractivity contribution is 0.200. The molecule has 0 aromatic carbocycles. The predicted octanol–water partition coefficient (Wildman–Crippen LogP) is 0.991. The number of carbonyl (C=O) groups excluding carboxylic acids is 1. The summed E-state index contributed by atoms with van der Waals surface area (Å²) >= 11 is 0. The lowest BCUT2D eigenvalue weighted by Crippen LogP contribution is -2.34. The number of nitrogens with two attached hydrogens (primary N) is 1. The average Bonchev–Trinajstić information content (AvgIpc) is 2.94. The van der Waals surface area contributed by atoms with E-state index in [4.69, 9.17) is 5.73 Å². The quantitative estimate of drug-likeness (QED) is 0.509. The van der Waals surface area contributed by atoms with Gasteiger partial charge in [0.05, 0.1) is 11.3 Å². The first-order valence-electron chi connectivity index (χ1n) is 4.60. The molecule has 0 aromatic heterocycles. The molecule has 3 aliphatic rings. The van der Waals surface area contributed by atoms with E-state index in [0.717, 1.165) is 30.7 Å². The summed E-state index contributed by atoms with van der Waals surface area (Å²) in [7, 11) is 0. The molecule has 3 rings (SSSR count). The lowest BCUT2D eigenvalue weighted by atomic mass is 10.3. The molecule has 5 nitrogen and oxygen atoms in total. The maximum Gasteiger partial charge on any atom is 0.338 e. The largest absolute Gasteiger partial charge is 0.350 e. The minimum Gasteiger partial charge on any atom is -0.350 e. The predicted molar refractivity (Wildman–Crippen MR) is 44.3 cm³/mol. The molecule has 13 heavy (non-hydrogen) atoms. The van der Waals surface area contributed by atoms with Crippen LogP contribution in [0.4, 0.5) is 4.79 Å². The fraction of sp³-hybridized carbons (Fsp3) is 0.875. The van der Waals surface area contributed by atoms with Crippen molar-refractivity contribution in [1.82, 2.24) is 5.01 Å². The minimum absolute atomic E-state index is 0.0370. The first-order valence-corrected chi connectivity index (χ1v) is 4.60. The second kappa shape index (κ2) is 1.71. The zero-order valence-electron chi connectivity index (χ0n) is 7.19. The van der Waals surface area contributed by atoms with Crippen molar-refractivity contribution in [2.45, 2.75) is 31.7 Å². The van der Waals surface area contributed by atoms with Crippen LogP contribution in [-0.4, -0.2) is 17.1 Å². The van der Waals surface area contributed by atoms with E-state index in [1.807, 2.05) is 0 Å². The molecule has 0 aromatic rings. The highest BCUT2D eigenvalue weighted by molar-refractivity contribution is 5.73. The van der Waals surface area contributed by atoms with Crippen molar-refractivity contribution in [2.24, 2.45) is 21.8 Å². The van der Waals surface area contributed by atoms with Crippen LogP contribution < -0.4 is 5.73 Å². The van der Waals surface area contributed by atoms with Crippen LogP contribution >= 0.6 is 0 Å². The Balaban J connectivity index is 1.87. The Morgan fingerprint density at radius 3 is 2.00 bits per heavy atom. The third kappa shape index (κ3) is 0.596. The lowest BCUT2D eigenvalue weighted by Gasteiger charge is -2.08. The molecule has 0 atom stereocenters. The van der Waals surface area contributed by atoms with Crippen molar-refractivity contribution in [3.8, 4) is 0 Å². The number of fused-ring (bicyclic) bond motifs is 1. The topological polar surface area (TPSA) is 75.8 Å². The summed E-state index contributed by atoms with van der Waals surface area (Å²) in [6, 6.07) is -0.662. The van der Waals surface area contributed by atoms with Crippen LogP contribution in [0.25, 0.3) is 0 Å². The zero-order chi connectivity index (χ0) is 9.27. The summed E-state index contributed by atoms with van der Waals surface area (Å²) in [5, 5.41) is 3.69. The van der Waals surface area contributed by atoms with Gasteiger partial charge in [-0.15, -0.1) is 4.91 Å². The number of urea groups is 1. The molecule has 3 aliphatic carbocycles. The van der Waals surface area contributed by atoms with Crippen molar-refractivity contribution in [3.63, 3.8) is 0 Å². The molecule has 0 saturated heterocycles. The Morgan fingerprint density at radius 2 is 1.77 bits per heavy atom. The molecular formula is C8H11N3O2. The number of amides is 2. The van der Waals surface area contributed by atoms with Gasteiger partial charge in [0.1, 0.15) is 0 Å². The number of nitroso groups, excluding NO2 is 1. The van der Waals surface area contributed by atoms with Gasteiger partial charge in [0.15, 0.2) is 0 Å². The standard InChI is InChI=1S/C8H11N3O2/c9-6(12)11(10-13)5-7(1-2-7)8(5)3-4-8/h5H,1-4H2,(H2,9,12). The molecular weight excluding hydrogens is 170 g/mol. The molecule has 0 aliphatic heterocycles. The Kier molecular flexibility index (Phi) is 0.960. The van der Waals surface area contributed by atoms with Crippen LogP contribution in [0, 0.1) is 15.7 Å². The molecule has 70 valence electrons. The molecule has 0 unspecified atom stereocenters. The van der Waals surface area contributed by atoms with Crippen LogP contribution in [0.1, 0.15) is 25.7 Å². The van der Waals surface area contributed by atoms with Crippen LogP contribution in [0.15, 0.2) is 5.29 Å². The van der Waals surface area contributed by atoms with Gasteiger partial charge in [-0.1, -0.05) is 0 Å². The van der Waals surface area contributed by atoms with Gasteiger partial charge in [-0.2, -0.15) is 5.01 Å². The Labute approximate surface area is 75.2 Å². The molecule has 2 N–H and O–H groups in total. The van der Waals surface area contributed by atoms with Crippen LogP contribution in [-0.2, 0) is 0 Å². The van der Waals surface area contributed by atoms with Gasteiger partial charge < -0.3 is 5.73 Å². The first-order chi connectivity index (χ1) is 6.18. The Bertz CT molecular complexity index is 289. The highest BCUT2D eigenvalue weighted by Crippen LogP contribution is 2.89. The summed E-state index contributed by atoms with van der Waals surface area (Å²) < 4.78 is 0. The molecule has 2 amide bonds. The number of nitrogens with zero attached hydrogens (tertiary/aromatic N) is 2. The molecule has 5 heteroatoms. The molecule has 2 spiro atoms. The van der Waals surface area contributed by atoms with Gasteiger partial charge in [-0.05, 0) is 25.7 Å². The van der Waals surface area contributed by atoms with Gasteiger partial charge in [0.25, 0.3) is 0 Å². The van der Waals surface area contributed by atoms with E-state index >= 15 is 0 Å². The SMILES string of the molecule is NC(=O)N(N=O)C1C2(CC2)C12CC2. The number of rotatable bonds is 2. The van der Waals surface area contributed by atoms with Crippen molar-refractivity contribution in [1.29, 1.82) is 0 Å². The van der Waals surface area contributed by atoms with Crippen molar-refractivity contribution in [2.75, 3.05) is 0 Å². The average molecular weight is 181 g/mol. The molecule has 0 bridgehead atoms. The van der Waals surface area contributed by atoms with Gasteiger partial charge in [0.2, 0.25) is 0 Å². The van der Waals surface area contributed by atoms with Gasteiger partial charge in [-0.25, -0.2) is 4.79 Å². The van der Waals surface area contributed by atoms with E-state index in [9.17, 15) is 9.70 Å². The number of primary amides is 1. The summed E-state index contributed by atoms with van der Waals surface area (Å²) in [6.45, 7) is 0. The summed E-state index contributed by atoms with van der Waals surface area (Å²) in [4.78, 5) is 21.3. The fourth-order valence-corrected chi connectivity index (χ4v) is 3.21. The van der Waals surface area contributed by atoms with Gasteiger partial charge in [0, 0.05) is 10.8 Å². The summed E-state index contributed by atoms with van der Waals surface area (Å²) in [5.74, 6) is 0. The highest BCUT2D eigenvalue weighted by Gasteiger charge is 2.89. The van der Waals surface area contributed by atoms with Crippen LogP contribution in [0.3, 0.4) is 0 Å². The smallest absolute Gasteiger partial charge is 0.338 e. The second-order valence-electron chi connectivity index (χ2n) is 4.48. The van der Waals surface area contributed by atoms with E-state index in [-0.39, 0.29) is 16.9 Å². The van der Waals surface area contributed by atoms with E-state index in [1.165, 1.54) is 0 Å². The maximum absolute atomic E-state index is 10.9. The second-order valence-corrected chi connectivity index (χ2v) is 4.48. The first kappa shape index (κ1) is 7.29. The van der Waals surface area contributed by atoms with Gasteiger partial charge >= 0.3 is 6.03 Å². The monoisotopic (exact) mass is 181 g/mol. The summed E-state index contributed by atoms with van der Waals surface area (Å²) in [6.07, 6.45) is 4.54. The van der Waals surface area contributed by atoms with E-state index in [0.29, 0.717) is 0 Å². The zero-order valence-corrected chi connectivity index (χ0v) is 7.19. The maximum atomic E-state index is 10.9. The Hall–Kier alpha value is -1.13. The number of hydrogen-bond acceptors (Lipinski definition) is 3. The van der Waals surface area contributed by atoms with E-state index < -0.39 is 6.03 Å². The van der Waals surface area contributed by atoms with E-state index in [1.54, 1.807) is 0 Å². The number of hydrogen-bond donors (Lipinski definition) is 1. The van der Waals surface area contributed by atoms with Crippen molar-refractivity contribution < 1.29 is 4.79 Å². The fourth-order valence-electron chi connectivity index (χ4n) is 3.21. The van der Waals surface area contributed by atoms with Crippen molar-refractivity contribution in [3.05, 3.63) is 4.91 Å². The minimum atomic E-state index is -0.699. The van der Waals surface area contributed by atoms with Crippen molar-refractivity contribution >= 4 is 6.03 Å².